The lowest BCUT2D eigenvalue weighted by atomic mass is 9.97. The van der Waals surface area contributed by atoms with E-state index in [0.717, 1.165) is 29.2 Å². The zero-order valence-corrected chi connectivity index (χ0v) is 15.7. The molecule has 1 N–H and O–H groups in total. The van der Waals surface area contributed by atoms with Crippen molar-refractivity contribution in [1.82, 2.24) is 10.2 Å². The fourth-order valence-corrected chi connectivity index (χ4v) is 4.81. The van der Waals surface area contributed by atoms with Crippen LogP contribution in [0.5, 0.6) is 5.75 Å². The Labute approximate surface area is 161 Å². The molecule has 2 aromatic carbocycles. The van der Waals surface area contributed by atoms with Gasteiger partial charge >= 0.3 is 0 Å². The third-order valence-corrected chi connectivity index (χ3v) is 6.56. The molecule has 6 heteroatoms. The second-order valence-corrected chi connectivity index (χ2v) is 8.19. The minimum atomic E-state index is -0.543. The van der Waals surface area contributed by atoms with Gasteiger partial charge in [0.1, 0.15) is 10.8 Å². The van der Waals surface area contributed by atoms with Crippen LogP contribution in [0.25, 0.3) is 0 Å². The van der Waals surface area contributed by atoms with Gasteiger partial charge in [-0.3, -0.25) is 10.1 Å². The Morgan fingerprint density at radius 2 is 1.85 bits per heavy atom. The molecule has 0 saturated heterocycles. The summed E-state index contributed by atoms with van der Waals surface area (Å²) in [4.78, 5) is 12.7. The first-order valence-corrected chi connectivity index (χ1v) is 9.95. The minimum Gasteiger partial charge on any atom is -0.480 e. The summed E-state index contributed by atoms with van der Waals surface area (Å²) in [5.74, 6) is 0.614. The zero-order valence-electron chi connectivity index (χ0n) is 14.9. The maximum atomic E-state index is 12.7. The van der Waals surface area contributed by atoms with Crippen LogP contribution in [0.3, 0.4) is 0 Å². The first kappa shape index (κ1) is 16.4. The highest BCUT2D eigenvalue weighted by Gasteiger charge is 2.49. The van der Waals surface area contributed by atoms with Crippen molar-refractivity contribution < 1.29 is 9.53 Å². The summed E-state index contributed by atoms with van der Waals surface area (Å²) >= 11 is 1.46. The van der Waals surface area contributed by atoms with Crippen molar-refractivity contribution >= 4 is 22.4 Å². The smallest absolute Gasteiger partial charge is 0.267 e. The van der Waals surface area contributed by atoms with Crippen LogP contribution in [0, 0.1) is 0 Å². The lowest BCUT2D eigenvalue weighted by Gasteiger charge is -2.14. The fraction of sp³-hybridized carbons (Fsp3) is 0.286. The van der Waals surface area contributed by atoms with Crippen molar-refractivity contribution in [3.8, 4) is 5.75 Å². The van der Waals surface area contributed by atoms with Crippen molar-refractivity contribution in [3.05, 3.63) is 70.7 Å². The number of amides is 1. The number of carbonyl (C=O) groups excluding carboxylic acids is 1. The summed E-state index contributed by atoms with van der Waals surface area (Å²) in [7, 11) is 0. The van der Waals surface area contributed by atoms with Crippen molar-refractivity contribution in [2.75, 3.05) is 5.32 Å². The van der Waals surface area contributed by atoms with Crippen LogP contribution in [0.4, 0.5) is 5.13 Å². The molecule has 0 spiro atoms. The molecule has 1 fully saturated rings. The van der Waals surface area contributed by atoms with E-state index in [1.807, 2.05) is 37.3 Å². The third kappa shape index (κ3) is 2.72. The topological polar surface area (TPSA) is 64.1 Å². The van der Waals surface area contributed by atoms with E-state index < -0.39 is 6.10 Å². The Morgan fingerprint density at radius 3 is 2.59 bits per heavy atom. The van der Waals surface area contributed by atoms with Gasteiger partial charge in [0.2, 0.25) is 5.13 Å². The Kier molecular flexibility index (Phi) is 3.75. The predicted octanol–water partition coefficient (Wildman–Crippen LogP) is 4.12. The van der Waals surface area contributed by atoms with Gasteiger partial charge < -0.3 is 4.74 Å². The molecule has 1 aliphatic carbocycles. The molecule has 0 radical (unpaired) electrons. The first-order valence-electron chi connectivity index (χ1n) is 9.13. The zero-order chi connectivity index (χ0) is 18.4. The number of hydrogen-bond acceptors (Lipinski definition) is 5. The molecule has 1 aromatic heterocycles. The molecule has 0 bridgehead atoms. The molecule has 1 aliphatic heterocycles. The SMILES string of the molecule is C[C@H]1c2ccccc2O[C@H]1C(=O)Nc1nnc(C2(c3ccccc3)CC2)s1. The van der Waals surface area contributed by atoms with Gasteiger partial charge in [-0.05, 0) is 24.5 Å². The Hall–Kier alpha value is -2.73. The Bertz CT molecular complexity index is 997. The van der Waals surface area contributed by atoms with Gasteiger partial charge in [0.05, 0.1) is 0 Å². The second kappa shape index (κ2) is 6.16. The molecule has 2 atom stereocenters. The Balaban J connectivity index is 1.33. The van der Waals surface area contributed by atoms with Gasteiger partial charge in [-0.2, -0.15) is 0 Å². The van der Waals surface area contributed by atoms with E-state index in [1.165, 1.54) is 16.9 Å². The van der Waals surface area contributed by atoms with Crippen LogP contribution < -0.4 is 10.1 Å². The summed E-state index contributed by atoms with van der Waals surface area (Å²) in [6.07, 6.45) is 1.59. The van der Waals surface area contributed by atoms with Gasteiger partial charge in [-0.15, -0.1) is 10.2 Å². The van der Waals surface area contributed by atoms with Crippen molar-refractivity contribution in [2.24, 2.45) is 0 Å². The molecule has 5 rings (SSSR count). The van der Waals surface area contributed by atoms with Gasteiger partial charge in [0.25, 0.3) is 5.91 Å². The van der Waals surface area contributed by atoms with Crippen molar-refractivity contribution in [1.29, 1.82) is 0 Å². The van der Waals surface area contributed by atoms with E-state index in [-0.39, 0.29) is 17.2 Å². The fourth-order valence-electron chi connectivity index (χ4n) is 3.80. The van der Waals surface area contributed by atoms with E-state index in [1.54, 1.807) is 0 Å². The predicted molar refractivity (Wildman–Crippen MR) is 104 cm³/mol. The number of aromatic nitrogens is 2. The average molecular weight is 377 g/mol. The Morgan fingerprint density at radius 1 is 1.11 bits per heavy atom. The standard InChI is InChI=1S/C21H19N3O2S/c1-13-15-9-5-6-10-16(15)26-17(13)18(25)22-20-24-23-19(27-20)21(11-12-21)14-7-3-2-4-8-14/h2-10,13,17H,11-12H2,1H3,(H,22,24,25)/t13-,17+/m0/s1. The highest BCUT2D eigenvalue weighted by Crippen LogP contribution is 2.54. The van der Waals surface area contributed by atoms with Gasteiger partial charge in [-0.1, -0.05) is 66.8 Å². The number of rotatable bonds is 4. The summed E-state index contributed by atoms with van der Waals surface area (Å²) in [6, 6.07) is 18.2. The van der Waals surface area contributed by atoms with Gasteiger partial charge in [-0.25, -0.2) is 0 Å². The van der Waals surface area contributed by atoms with E-state index in [0.29, 0.717) is 5.13 Å². The number of carbonyl (C=O) groups is 1. The number of nitrogens with zero attached hydrogens (tertiary/aromatic N) is 2. The number of fused-ring (bicyclic) bond motifs is 1. The molecule has 1 amide bonds. The number of nitrogens with one attached hydrogen (secondary N) is 1. The number of hydrogen-bond donors (Lipinski definition) is 1. The van der Waals surface area contributed by atoms with Crippen molar-refractivity contribution in [3.63, 3.8) is 0 Å². The molecule has 136 valence electrons. The normalized spacial score (nSPS) is 22.0. The molecular formula is C21H19N3O2S. The molecule has 2 heterocycles. The minimum absolute atomic E-state index is 0.00712. The number of anilines is 1. The van der Waals surface area contributed by atoms with E-state index >= 15 is 0 Å². The first-order chi connectivity index (χ1) is 13.2. The third-order valence-electron chi connectivity index (χ3n) is 5.52. The monoisotopic (exact) mass is 377 g/mol. The van der Waals surface area contributed by atoms with Crippen LogP contribution in [0.2, 0.25) is 0 Å². The van der Waals surface area contributed by atoms with Crippen molar-refractivity contribution in [2.45, 2.75) is 37.2 Å². The summed E-state index contributed by atoms with van der Waals surface area (Å²) < 4.78 is 5.85. The van der Waals surface area contributed by atoms with E-state index in [4.69, 9.17) is 4.74 Å². The largest absolute Gasteiger partial charge is 0.480 e. The maximum absolute atomic E-state index is 12.7. The maximum Gasteiger partial charge on any atom is 0.267 e. The second-order valence-electron chi connectivity index (χ2n) is 7.21. The molecule has 1 saturated carbocycles. The average Bonchev–Trinajstić information content (AvgIpc) is 3.27. The summed E-state index contributed by atoms with van der Waals surface area (Å²) in [6.45, 7) is 2.01. The quantitative estimate of drug-likeness (QED) is 0.743. The summed E-state index contributed by atoms with van der Waals surface area (Å²) in [5.41, 5.74) is 2.30. The van der Waals surface area contributed by atoms with Gasteiger partial charge in [0, 0.05) is 16.9 Å². The summed E-state index contributed by atoms with van der Waals surface area (Å²) in [5, 5.41) is 13.0. The number of ether oxygens (including phenoxy) is 1. The van der Waals surface area contributed by atoms with Crippen LogP contribution in [0.1, 0.15) is 41.8 Å². The van der Waals surface area contributed by atoms with E-state index in [2.05, 4.69) is 39.8 Å². The molecule has 0 unspecified atom stereocenters. The lowest BCUT2D eigenvalue weighted by Crippen LogP contribution is -2.33. The van der Waals surface area contributed by atoms with Crippen LogP contribution in [0.15, 0.2) is 54.6 Å². The molecule has 2 aliphatic rings. The molecule has 5 nitrogen and oxygen atoms in total. The number of benzene rings is 2. The molecule has 27 heavy (non-hydrogen) atoms. The van der Waals surface area contributed by atoms with E-state index in [9.17, 15) is 4.79 Å². The van der Waals surface area contributed by atoms with Gasteiger partial charge in [0.15, 0.2) is 6.10 Å². The molecular weight excluding hydrogens is 358 g/mol. The van der Waals surface area contributed by atoms with Crippen LogP contribution in [-0.4, -0.2) is 22.2 Å². The lowest BCUT2D eigenvalue weighted by molar-refractivity contribution is -0.122. The highest BCUT2D eigenvalue weighted by atomic mass is 32.1. The highest BCUT2D eigenvalue weighted by molar-refractivity contribution is 7.15. The van der Waals surface area contributed by atoms with Crippen LogP contribution in [-0.2, 0) is 10.2 Å². The van der Waals surface area contributed by atoms with Crippen LogP contribution >= 0.6 is 11.3 Å². The number of para-hydroxylation sites is 1. The molecule has 3 aromatic rings.